The first-order chi connectivity index (χ1) is 8.30. The molecule has 1 rings (SSSR count). The number of ether oxygens (including phenoxy) is 2. The zero-order valence-electron chi connectivity index (χ0n) is 8.84. The van der Waals surface area contributed by atoms with Crippen LogP contribution < -0.4 is 4.74 Å². The van der Waals surface area contributed by atoms with Crippen molar-refractivity contribution < 1.29 is 27.4 Å². The average molecular weight is 280 g/mol. The smallest absolute Gasteiger partial charge is 0.465 e. The number of nitrogens with zero attached hydrogens (tertiary/aromatic N) is 1. The average Bonchev–Trinajstić information content (AvgIpc) is 2.26. The maximum absolute atomic E-state index is 12.2. The quantitative estimate of drug-likeness (QED) is 0.781. The molecule has 0 aromatic heterocycles. The van der Waals surface area contributed by atoms with Crippen molar-refractivity contribution in [2.24, 2.45) is 0 Å². The van der Waals surface area contributed by atoms with Crippen LogP contribution in [0, 0.1) is 11.3 Å². The SMILES string of the molecule is COC(=O)c1ccc(Cl)c(C#N)c1OC(F)(F)F. The molecule has 0 bridgehead atoms. The summed E-state index contributed by atoms with van der Waals surface area (Å²) < 4.78 is 44.6. The summed E-state index contributed by atoms with van der Waals surface area (Å²) in [5.74, 6) is -2.04. The van der Waals surface area contributed by atoms with Gasteiger partial charge in [-0.2, -0.15) is 5.26 Å². The third-order valence-corrected chi connectivity index (χ3v) is 2.16. The molecule has 1 aromatic rings. The van der Waals surface area contributed by atoms with E-state index in [9.17, 15) is 18.0 Å². The molecule has 18 heavy (non-hydrogen) atoms. The Bertz CT molecular complexity index is 522. The summed E-state index contributed by atoms with van der Waals surface area (Å²) in [5.41, 5.74) is -1.12. The lowest BCUT2D eigenvalue weighted by molar-refractivity contribution is -0.274. The van der Waals surface area contributed by atoms with Gasteiger partial charge in [-0.3, -0.25) is 0 Å². The first-order valence-electron chi connectivity index (χ1n) is 4.36. The second-order valence-corrected chi connectivity index (χ2v) is 3.36. The molecule has 0 atom stereocenters. The second kappa shape index (κ2) is 5.14. The van der Waals surface area contributed by atoms with Crippen molar-refractivity contribution in [3.8, 4) is 11.8 Å². The van der Waals surface area contributed by atoms with E-state index in [1.807, 2.05) is 0 Å². The molecule has 0 amide bonds. The molecule has 0 fully saturated rings. The Morgan fingerprint density at radius 3 is 2.50 bits per heavy atom. The molecule has 0 saturated heterocycles. The topological polar surface area (TPSA) is 59.3 Å². The number of benzene rings is 1. The Labute approximate surface area is 104 Å². The number of esters is 1. The number of methoxy groups -OCH3 is 1. The van der Waals surface area contributed by atoms with Gasteiger partial charge < -0.3 is 9.47 Å². The molecule has 0 aliphatic rings. The number of halogens is 4. The number of carbonyl (C=O) groups excluding carboxylic acids is 1. The van der Waals surface area contributed by atoms with E-state index in [1.165, 1.54) is 6.07 Å². The summed E-state index contributed by atoms with van der Waals surface area (Å²) in [4.78, 5) is 11.3. The van der Waals surface area contributed by atoms with Crippen LogP contribution in [-0.2, 0) is 4.74 Å². The minimum atomic E-state index is -5.06. The van der Waals surface area contributed by atoms with Gasteiger partial charge in [0.2, 0.25) is 0 Å². The Balaban J connectivity index is 3.45. The molecule has 0 aliphatic carbocycles. The molecule has 0 spiro atoms. The van der Waals surface area contributed by atoms with E-state index in [-0.39, 0.29) is 5.02 Å². The minimum Gasteiger partial charge on any atom is -0.465 e. The minimum absolute atomic E-state index is 0.260. The van der Waals surface area contributed by atoms with E-state index in [2.05, 4.69) is 9.47 Å². The van der Waals surface area contributed by atoms with Crippen molar-refractivity contribution in [3.63, 3.8) is 0 Å². The van der Waals surface area contributed by atoms with Gasteiger partial charge in [-0.05, 0) is 12.1 Å². The molecule has 4 nitrogen and oxygen atoms in total. The van der Waals surface area contributed by atoms with Crippen LogP contribution in [0.5, 0.6) is 5.75 Å². The third-order valence-electron chi connectivity index (χ3n) is 1.84. The molecular weight excluding hydrogens is 275 g/mol. The van der Waals surface area contributed by atoms with Gasteiger partial charge in [0.15, 0.2) is 5.75 Å². The highest BCUT2D eigenvalue weighted by atomic mass is 35.5. The fourth-order valence-electron chi connectivity index (χ4n) is 1.16. The van der Waals surface area contributed by atoms with Gasteiger partial charge in [-0.1, -0.05) is 11.6 Å². The van der Waals surface area contributed by atoms with Crippen molar-refractivity contribution >= 4 is 17.6 Å². The van der Waals surface area contributed by atoms with Gasteiger partial charge in [-0.15, -0.1) is 13.2 Å². The molecule has 96 valence electrons. The Kier molecular flexibility index (Phi) is 4.03. The highest BCUT2D eigenvalue weighted by Gasteiger charge is 2.35. The van der Waals surface area contributed by atoms with Crippen molar-refractivity contribution in [2.75, 3.05) is 7.11 Å². The molecule has 0 unspecified atom stereocenters. The number of hydrogen-bond acceptors (Lipinski definition) is 4. The summed E-state index contributed by atoms with van der Waals surface area (Å²) in [6, 6.07) is 3.53. The molecule has 0 aliphatic heterocycles. The summed E-state index contributed by atoms with van der Waals surface area (Å²) in [5, 5.41) is 8.48. The van der Waals surface area contributed by atoms with Crippen LogP contribution in [0.3, 0.4) is 0 Å². The molecule has 8 heteroatoms. The maximum atomic E-state index is 12.2. The van der Waals surface area contributed by atoms with Crippen molar-refractivity contribution in [1.82, 2.24) is 0 Å². The number of nitriles is 1. The van der Waals surface area contributed by atoms with Gasteiger partial charge >= 0.3 is 12.3 Å². The second-order valence-electron chi connectivity index (χ2n) is 2.95. The maximum Gasteiger partial charge on any atom is 0.573 e. The zero-order valence-corrected chi connectivity index (χ0v) is 9.59. The number of alkyl halides is 3. The standard InChI is InChI=1S/C10H5ClF3NO3/c1-17-9(16)5-2-3-7(11)6(4-15)8(5)18-10(12,13)14/h2-3H,1H3. The first-order valence-corrected chi connectivity index (χ1v) is 4.74. The highest BCUT2D eigenvalue weighted by molar-refractivity contribution is 6.32. The molecule has 0 heterocycles. The summed E-state index contributed by atoms with van der Waals surface area (Å²) in [6.45, 7) is 0. The van der Waals surface area contributed by atoms with Crippen LogP contribution in [0.2, 0.25) is 5.02 Å². The fraction of sp³-hybridized carbons (Fsp3) is 0.200. The third kappa shape index (κ3) is 3.05. The largest absolute Gasteiger partial charge is 0.573 e. The number of rotatable bonds is 2. The van der Waals surface area contributed by atoms with Crippen LogP contribution in [0.1, 0.15) is 15.9 Å². The molecular formula is C10H5ClF3NO3. The lowest BCUT2D eigenvalue weighted by Gasteiger charge is -2.14. The Morgan fingerprint density at radius 2 is 2.06 bits per heavy atom. The Morgan fingerprint density at radius 1 is 1.44 bits per heavy atom. The lowest BCUT2D eigenvalue weighted by atomic mass is 10.1. The van der Waals surface area contributed by atoms with Crippen LogP contribution in [0.25, 0.3) is 0 Å². The molecule has 0 radical (unpaired) electrons. The zero-order chi connectivity index (χ0) is 13.9. The molecule has 1 aromatic carbocycles. The fourth-order valence-corrected chi connectivity index (χ4v) is 1.35. The number of hydrogen-bond donors (Lipinski definition) is 0. The predicted octanol–water partition coefficient (Wildman–Crippen LogP) is 2.90. The van der Waals surface area contributed by atoms with Crippen molar-refractivity contribution in [3.05, 3.63) is 28.3 Å². The van der Waals surface area contributed by atoms with E-state index in [0.29, 0.717) is 0 Å². The van der Waals surface area contributed by atoms with E-state index in [4.69, 9.17) is 16.9 Å². The molecule has 0 saturated carbocycles. The molecule has 0 N–H and O–H groups in total. The highest BCUT2D eigenvalue weighted by Crippen LogP contribution is 2.34. The first kappa shape index (κ1) is 14.1. The summed E-state index contributed by atoms with van der Waals surface area (Å²) in [6.07, 6.45) is -5.06. The predicted molar refractivity (Wildman–Crippen MR) is 54.2 cm³/mol. The van der Waals surface area contributed by atoms with Crippen LogP contribution >= 0.6 is 11.6 Å². The normalized spacial score (nSPS) is 10.7. The monoisotopic (exact) mass is 279 g/mol. The van der Waals surface area contributed by atoms with E-state index in [1.54, 1.807) is 0 Å². The van der Waals surface area contributed by atoms with Crippen LogP contribution in [-0.4, -0.2) is 19.4 Å². The van der Waals surface area contributed by atoms with Gasteiger partial charge in [0.1, 0.15) is 17.2 Å². The van der Waals surface area contributed by atoms with Gasteiger partial charge in [0, 0.05) is 0 Å². The van der Waals surface area contributed by atoms with Crippen LogP contribution in [0.15, 0.2) is 12.1 Å². The summed E-state index contributed by atoms with van der Waals surface area (Å²) >= 11 is 5.56. The van der Waals surface area contributed by atoms with E-state index < -0.39 is 29.2 Å². The van der Waals surface area contributed by atoms with Gasteiger partial charge in [0.25, 0.3) is 0 Å². The van der Waals surface area contributed by atoms with Gasteiger partial charge in [-0.25, -0.2) is 4.79 Å². The number of carbonyl (C=O) groups is 1. The van der Waals surface area contributed by atoms with Crippen LogP contribution in [0.4, 0.5) is 13.2 Å². The van der Waals surface area contributed by atoms with Gasteiger partial charge in [0.05, 0.1) is 12.1 Å². The summed E-state index contributed by atoms with van der Waals surface area (Å²) in [7, 11) is 0.986. The van der Waals surface area contributed by atoms with Crippen molar-refractivity contribution in [2.45, 2.75) is 6.36 Å². The van der Waals surface area contributed by atoms with E-state index >= 15 is 0 Å². The van der Waals surface area contributed by atoms with E-state index in [0.717, 1.165) is 19.2 Å². The van der Waals surface area contributed by atoms with Crippen molar-refractivity contribution in [1.29, 1.82) is 5.26 Å². The Hall–Kier alpha value is -1.94. The lowest BCUT2D eigenvalue weighted by Crippen LogP contribution is -2.20.